The summed E-state index contributed by atoms with van der Waals surface area (Å²) in [5.41, 5.74) is 2.44. The maximum absolute atomic E-state index is 4.78. The molecule has 0 saturated heterocycles. The van der Waals surface area contributed by atoms with Crippen molar-refractivity contribution in [1.29, 1.82) is 0 Å². The second-order valence-corrected chi connectivity index (χ2v) is 7.01. The van der Waals surface area contributed by atoms with Crippen LogP contribution in [0.25, 0.3) is 0 Å². The van der Waals surface area contributed by atoms with Gasteiger partial charge >= 0.3 is 0 Å². The highest BCUT2D eigenvalue weighted by Crippen LogP contribution is 2.13. The Morgan fingerprint density at radius 3 is 2.40 bits per heavy atom. The molecule has 0 unspecified atom stereocenters. The maximum atomic E-state index is 4.78. The Morgan fingerprint density at radius 1 is 1.12 bits per heavy atom. The Kier molecular flexibility index (Phi) is 9.89. The van der Waals surface area contributed by atoms with Crippen molar-refractivity contribution in [3.8, 4) is 0 Å². The van der Waals surface area contributed by atoms with E-state index in [2.05, 4.69) is 85.0 Å². The van der Waals surface area contributed by atoms with Gasteiger partial charge in [-0.25, -0.2) is 4.99 Å². The minimum atomic E-state index is 0. The number of nitrogens with zero attached hydrogens (tertiary/aromatic N) is 3. The molecule has 1 N–H and O–H groups in total. The van der Waals surface area contributed by atoms with Crippen LogP contribution in [-0.4, -0.2) is 45.1 Å². The van der Waals surface area contributed by atoms with Crippen molar-refractivity contribution in [3.05, 3.63) is 52.2 Å². The molecule has 0 aliphatic carbocycles. The predicted molar refractivity (Wildman–Crippen MR) is 122 cm³/mol. The molecule has 0 fully saturated rings. The first kappa shape index (κ1) is 21.8. The van der Waals surface area contributed by atoms with Crippen LogP contribution in [-0.2, 0) is 13.0 Å². The van der Waals surface area contributed by atoms with Gasteiger partial charge in [0.2, 0.25) is 0 Å². The van der Waals surface area contributed by atoms with Crippen LogP contribution in [0.5, 0.6) is 0 Å². The summed E-state index contributed by atoms with van der Waals surface area (Å²) in [7, 11) is 6.21. The van der Waals surface area contributed by atoms with Crippen LogP contribution in [0.4, 0.5) is 5.69 Å². The van der Waals surface area contributed by atoms with Crippen LogP contribution in [0, 0.1) is 0 Å². The molecular weight excluding hydrogens is 443 g/mol. The molecule has 2 aromatic rings. The number of hydrogen-bond acceptors (Lipinski definition) is 3. The van der Waals surface area contributed by atoms with Crippen molar-refractivity contribution in [2.45, 2.75) is 19.9 Å². The molecule has 0 amide bonds. The van der Waals surface area contributed by atoms with Crippen LogP contribution >= 0.6 is 35.3 Å². The zero-order valence-corrected chi connectivity index (χ0v) is 18.7. The van der Waals surface area contributed by atoms with Gasteiger partial charge in [0.15, 0.2) is 5.96 Å². The summed E-state index contributed by atoms with van der Waals surface area (Å²) < 4.78 is 0. The molecule has 1 aromatic heterocycles. The molecule has 0 aliphatic heterocycles. The number of aliphatic imine (C=N–C) groups is 1. The summed E-state index contributed by atoms with van der Waals surface area (Å²) in [5.74, 6) is 0.964. The van der Waals surface area contributed by atoms with E-state index >= 15 is 0 Å². The number of hydrogen-bond donors (Lipinski definition) is 1. The number of halogens is 1. The van der Waals surface area contributed by atoms with E-state index in [4.69, 9.17) is 4.99 Å². The van der Waals surface area contributed by atoms with E-state index < -0.39 is 0 Å². The van der Waals surface area contributed by atoms with Crippen LogP contribution < -0.4 is 10.2 Å². The molecule has 0 atom stereocenters. The number of thiophene rings is 1. The molecule has 25 heavy (non-hydrogen) atoms. The normalized spacial score (nSPS) is 11.0. The molecule has 138 valence electrons. The van der Waals surface area contributed by atoms with Gasteiger partial charge in [0.25, 0.3) is 0 Å². The fourth-order valence-electron chi connectivity index (χ4n) is 2.37. The molecule has 0 aliphatic rings. The number of guanidine groups is 1. The van der Waals surface area contributed by atoms with E-state index in [-0.39, 0.29) is 24.0 Å². The zero-order valence-electron chi connectivity index (χ0n) is 15.5. The number of anilines is 1. The summed E-state index contributed by atoms with van der Waals surface area (Å²) >= 11 is 1.81. The van der Waals surface area contributed by atoms with Gasteiger partial charge in [-0.1, -0.05) is 18.2 Å². The Bertz CT molecular complexity index is 623. The van der Waals surface area contributed by atoms with Crippen LogP contribution in [0.2, 0.25) is 0 Å². The molecule has 1 heterocycles. The van der Waals surface area contributed by atoms with Crippen molar-refractivity contribution < 1.29 is 0 Å². The highest BCUT2D eigenvalue weighted by atomic mass is 127. The zero-order chi connectivity index (χ0) is 17.4. The van der Waals surface area contributed by atoms with Gasteiger partial charge in [0.1, 0.15) is 0 Å². The van der Waals surface area contributed by atoms with Crippen molar-refractivity contribution in [3.63, 3.8) is 0 Å². The number of benzene rings is 1. The Balaban J connectivity index is 0.00000312. The maximum Gasteiger partial charge on any atom is 0.193 e. The first-order valence-corrected chi connectivity index (χ1v) is 9.26. The lowest BCUT2D eigenvalue weighted by atomic mass is 10.2. The van der Waals surface area contributed by atoms with Gasteiger partial charge in [-0.3, -0.25) is 0 Å². The highest BCUT2D eigenvalue weighted by Gasteiger charge is 2.06. The first-order valence-electron chi connectivity index (χ1n) is 8.38. The van der Waals surface area contributed by atoms with Gasteiger partial charge in [0.05, 0.1) is 6.54 Å². The monoisotopic (exact) mass is 472 g/mol. The van der Waals surface area contributed by atoms with Crippen molar-refractivity contribution in [1.82, 2.24) is 10.2 Å². The average molecular weight is 472 g/mol. The summed E-state index contributed by atoms with van der Waals surface area (Å²) in [6.45, 7) is 4.64. The summed E-state index contributed by atoms with van der Waals surface area (Å²) in [6, 6.07) is 12.9. The topological polar surface area (TPSA) is 30.9 Å². The first-order chi connectivity index (χ1) is 11.6. The van der Waals surface area contributed by atoms with Crippen LogP contribution in [0.3, 0.4) is 0 Å². The van der Waals surface area contributed by atoms with Crippen molar-refractivity contribution >= 4 is 47.0 Å². The summed E-state index contributed by atoms with van der Waals surface area (Å²) in [5, 5.41) is 5.51. The van der Waals surface area contributed by atoms with Gasteiger partial charge in [-0.15, -0.1) is 35.3 Å². The molecule has 6 heteroatoms. The van der Waals surface area contributed by atoms with Crippen LogP contribution in [0.15, 0.2) is 46.8 Å². The molecular formula is C19H29IN4S. The van der Waals surface area contributed by atoms with E-state index in [0.29, 0.717) is 6.54 Å². The fourth-order valence-corrected chi connectivity index (χ4v) is 3.07. The third kappa shape index (κ3) is 7.23. The van der Waals surface area contributed by atoms with Crippen molar-refractivity contribution in [2.75, 3.05) is 39.1 Å². The standard InChI is InChI=1S/C19H28N4S.HI/c1-5-20-19(23(4)13-12-18-7-6-14-24-18)21-15-16-8-10-17(11-9-16)22(2)3;/h6-11,14H,5,12-13,15H2,1-4H3,(H,20,21);1H. The van der Waals surface area contributed by atoms with Crippen molar-refractivity contribution in [2.24, 2.45) is 4.99 Å². The lowest BCUT2D eigenvalue weighted by Crippen LogP contribution is -2.39. The Morgan fingerprint density at radius 2 is 1.84 bits per heavy atom. The lowest BCUT2D eigenvalue weighted by Gasteiger charge is -2.22. The van der Waals surface area contributed by atoms with Gasteiger partial charge in [-0.2, -0.15) is 0 Å². The molecule has 0 spiro atoms. The molecule has 0 radical (unpaired) electrons. The third-order valence-electron chi connectivity index (χ3n) is 3.83. The smallest absolute Gasteiger partial charge is 0.193 e. The second kappa shape index (κ2) is 11.4. The SMILES string of the molecule is CCNC(=NCc1ccc(N(C)C)cc1)N(C)CCc1cccs1.I. The van der Waals surface area contributed by atoms with E-state index in [1.54, 1.807) is 0 Å². The van der Waals surface area contributed by atoms with E-state index in [9.17, 15) is 0 Å². The minimum absolute atomic E-state index is 0. The number of rotatable bonds is 7. The summed E-state index contributed by atoms with van der Waals surface area (Å²) in [6.07, 6.45) is 1.05. The van der Waals surface area contributed by atoms with E-state index in [1.165, 1.54) is 16.1 Å². The molecule has 0 bridgehead atoms. The quantitative estimate of drug-likeness (QED) is 0.375. The third-order valence-corrected chi connectivity index (χ3v) is 4.77. The number of nitrogens with one attached hydrogen (secondary N) is 1. The highest BCUT2D eigenvalue weighted by molar-refractivity contribution is 14.0. The lowest BCUT2D eigenvalue weighted by molar-refractivity contribution is 0.486. The van der Waals surface area contributed by atoms with Gasteiger partial charge in [-0.05, 0) is 42.5 Å². The predicted octanol–water partition coefficient (Wildman–Crippen LogP) is 4.07. The fraction of sp³-hybridized carbons (Fsp3) is 0.421. The second-order valence-electron chi connectivity index (χ2n) is 5.98. The van der Waals surface area contributed by atoms with E-state index in [1.807, 2.05) is 11.3 Å². The molecule has 4 nitrogen and oxygen atoms in total. The van der Waals surface area contributed by atoms with Gasteiger partial charge in [0, 0.05) is 44.8 Å². The molecule has 2 rings (SSSR count). The average Bonchev–Trinajstić information content (AvgIpc) is 3.10. The van der Waals surface area contributed by atoms with Crippen LogP contribution in [0.1, 0.15) is 17.4 Å². The number of likely N-dealkylation sites (N-methyl/N-ethyl adjacent to an activating group) is 1. The van der Waals surface area contributed by atoms with E-state index in [0.717, 1.165) is 25.5 Å². The Labute approximate surface area is 173 Å². The summed E-state index contributed by atoms with van der Waals surface area (Å²) in [4.78, 5) is 10.5. The van der Waals surface area contributed by atoms with Gasteiger partial charge < -0.3 is 15.1 Å². The molecule has 1 aromatic carbocycles. The largest absolute Gasteiger partial charge is 0.378 e. The minimum Gasteiger partial charge on any atom is -0.378 e. The Hall–Kier alpha value is -1.28. The molecule has 0 saturated carbocycles.